The third-order valence-corrected chi connectivity index (χ3v) is 3.84. The molecule has 0 saturated heterocycles. The van der Waals surface area contributed by atoms with Gasteiger partial charge >= 0.3 is 0 Å². The maximum Gasteiger partial charge on any atom is 0.184 e. The van der Waals surface area contributed by atoms with E-state index < -0.39 is 0 Å². The summed E-state index contributed by atoms with van der Waals surface area (Å²) in [6.45, 7) is 4.10. The molecular weight excluding hydrogens is 304 g/mol. The molecular formula is C18H16N4S. The van der Waals surface area contributed by atoms with Crippen LogP contribution < -0.4 is 0 Å². The van der Waals surface area contributed by atoms with E-state index >= 15 is 0 Å². The second kappa shape index (κ2) is 7.07. The van der Waals surface area contributed by atoms with Crippen molar-refractivity contribution in [1.29, 1.82) is 0 Å². The van der Waals surface area contributed by atoms with Crippen LogP contribution in [-0.4, -0.2) is 21.8 Å². The quantitative estimate of drug-likeness (QED) is 0.657. The Morgan fingerprint density at radius 3 is 1.87 bits per heavy atom. The topological polar surface area (TPSA) is 50.5 Å². The van der Waals surface area contributed by atoms with Gasteiger partial charge in [0.15, 0.2) is 10.8 Å². The van der Waals surface area contributed by atoms with Crippen LogP contribution in [0.5, 0.6) is 0 Å². The number of aromatic nitrogens is 2. The second-order valence-corrected chi connectivity index (χ2v) is 5.96. The van der Waals surface area contributed by atoms with Crippen LogP contribution in [0.2, 0.25) is 0 Å². The van der Waals surface area contributed by atoms with Crippen LogP contribution in [0.4, 0.5) is 11.4 Å². The Bertz CT molecular complexity index is 760. The Kier molecular flexibility index (Phi) is 4.68. The molecule has 0 radical (unpaired) electrons. The molecule has 0 aliphatic carbocycles. The maximum absolute atomic E-state index is 4.40. The van der Waals surface area contributed by atoms with E-state index in [1.54, 1.807) is 12.4 Å². The van der Waals surface area contributed by atoms with Gasteiger partial charge in [-0.05, 0) is 49.6 Å². The van der Waals surface area contributed by atoms with Gasteiger partial charge in [-0.3, -0.25) is 9.98 Å². The molecule has 0 aliphatic rings. The van der Waals surface area contributed by atoms with Crippen molar-refractivity contribution in [3.05, 3.63) is 70.5 Å². The minimum Gasteiger partial charge on any atom is -0.254 e. The summed E-state index contributed by atoms with van der Waals surface area (Å²) in [4.78, 5) is 13.2. The fourth-order valence-electron chi connectivity index (χ4n) is 1.88. The Morgan fingerprint density at radius 2 is 1.30 bits per heavy atom. The highest BCUT2D eigenvalue weighted by Crippen LogP contribution is 2.14. The van der Waals surface area contributed by atoms with E-state index in [-0.39, 0.29) is 0 Å². The van der Waals surface area contributed by atoms with Crippen LogP contribution in [0.25, 0.3) is 0 Å². The summed E-state index contributed by atoms with van der Waals surface area (Å²) in [6.07, 6.45) is 3.40. The van der Waals surface area contributed by atoms with Crippen LogP contribution >= 0.6 is 11.5 Å². The smallest absolute Gasteiger partial charge is 0.184 e. The van der Waals surface area contributed by atoms with Gasteiger partial charge in [0, 0.05) is 0 Å². The SMILES string of the molecule is Cc1ccc(/N=C/c2nsc(/C=N/c3ccc(C)cc3)n2)cc1. The van der Waals surface area contributed by atoms with Crippen molar-refractivity contribution >= 4 is 35.3 Å². The number of benzene rings is 2. The van der Waals surface area contributed by atoms with Crippen molar-refractivity contribution < 1.29 is 0 Å². The van der Waals surface area contributed by atoms with Crippen molar-refractivity contribution in [3.63, 3.8) is 0 Å². The summed E-state index contributed by atoms with van der Waals surface area (Å²) in [5.41, 5.74) is 4.22. The standard InChI is InChI=1S/C18H16N4S/c1-13-3-7-15(8-4-13)19-11-17-21-18(23-22-17)12-20-16-9-5-14(2)6-10-16/h3-12H,1-2H3/b19-11+,20-12+. The Morgan fingerprint density at radius 1 is 0.783 bits per heavy atom. The fraction of sp³-hybridized carbons (Fsp3) is 0.111. The van der Waals surface area contributed by atoms with Crippen LogP contribution in [-0.2, 0) is 0 Å². The van der Waals surface area contributed by atoms with E-state index in [0.29, 0.717) is 5.82 Å². The Balaban J connectivity index is 1.68. The minimum atomic E-state index is 0.598. The molecule has 1 aromatic heterocycles. The molecule has 2 aromatic carbocycles. The molecule has 0 spiro atoms. The third-order valence-electron chi connectivity index (χ3n) is 3.18. The predicted octanol–water partition coefficient (Wildman–Crippen LogP) is 4.66. The second-order valence-electron chi connectivity index (χ2n) is 5.18. The normalized spacial score (nSPS) is 11.6. The fourth-order valence-corrected chi connectivity index (χ4v) is 2.39. The monoisotopic (exact) mass is 320 g/mol. The Hall–Kier alpha value is -2.66. The van der Waals surface area contributed by atoms with E-state index in [4.69, 9.17) is 0 Å². The van der Waals surface area contributed by atoms with Crippen LogP contribution in [0.1, 0.15) is 22.0 Å². The van der Waals surface area contributed by atoms with Crippen molar-refractivity contribution in [2.24, 2.45) is 9.98 Å². The van der Waals surface area contributed by atoms with Crippen LogP contribution in [0, 0.1) is 13.8 Å². The molecule has 0 amide bonds. The molecule has 0 atom stereocenters. The first-order valence-electron chi connectivity index (χ1n) is 7.24. The highest BCUT2D eigenvalue weighted by atomic mass is 32.1. The molecule has 0 fully saturated rings. The van der Waals surface area contributed by atoms with Gasteiger partial charge in [0.1, 0.15) is 0 Å². The zero-order valence-electron chi connectivity index (χ0n) is 13.0. The van der Waals surface area contributed by atoms with Crippen molar-refractivity contribution in [3.8, 4) is 0 Å². The lowest BCUT2D eigenvalue weighted by Crippen LogP contribution is -1.85. The number of rotatable bonds is 4. The minimum absolute atomic E-state index is 0.598. The first-order valence-corrected chi connectivity index (χ1v) is 8.01. The predicted molar refractivity (Wildman–Crippen MR) is 96.8 cm³/mol. The highest BCUT2D eigenvalue weighted by molar-refractivity contribution is 7.07. The molecule has 3 aromatic rings. The van der Waals surface area contributed by atoms with E-state index in [0.717, 1.165) is 16.4 Å². The molecule has 114 valence electrons. The van der Waals surface area contributed by atoms with Crippen LogP contribution in [0.15, 0.2) is 58.5 Å². The number of hydrogen-bond donors (Lipinski definition) is 0. The van der Waals surface area contributed by atoms with Crippen molar-refractivity contribution in [2.45, 2.75) is 13.8 Å². The highest BCUT2D eigenvalue weighted by Gasteiger charge is 1.99. The van der Waals surface area contributed by atoms with Gasteiger partial charge in [-0.25, -0.2) is 4.98 Å². The summed E-state index contributed by atoms with van der Waals surface area (Å²) in [6, 6.07) is 16.0. The first-order chi connectivity index (χ1) is 11.2. The molecule has 23 heavy (non-hydrogen) atoms. The Labute approximate surface area is 139 Å². The van der Waals surface area contributed by atoms with E-state index in [9.17, 15) is 0 Å². The number of nitrogens with zero attached hydrogens (tertiary/aromatic N) is 4. The zero-order valence-corrected chi connectivity index (χ0v) is 13.8. The average Bonchev–Trinajstić information content (AvgIpc) is 3.02. The lowest BCUT2D eigenvalue weighted by atomic mass is 10.2. The van der Waals surface area contributed by atoms with Gasteiger partial charge < -0.3 is 0 Å². The van der Waals surface area contributed by atoms with Gasteiger partial charge in [-0.15, -0.1) is 0 Å². The summed E-state index contributed by atoms with van der Waals surface area (Å²) in [5, 5.41) is 0.760. The maximum atomic E-state index is 4.40. The number of hydrogen-bond acceptors (Lipinski definition) is 5. The van der Waals surface area contributed by atoms with Crippen molar-refractivity contribution in [2.75, 3.05) is 0 Å². The molecule has 0 aliphatic heterocycles. The summed E-state index contributed by atoms with van der Waals surface area (Å²) in [5.74, 6) is 0.598. The first kappa shape index (κ1) is 15.2. The number of aliphatic imine (C=N–C) groups is 2. The van der Waals surface area contributed by atoms with Gasteiger partial charge in [0.2, 0.25) is 0 Å². The molecule has 0 bridgehead atoms. The summed E-state index contributed by atoms with van der Waals surface area (Å²) in [7, 11) is 0. The van der Waals surface area contributed by atoms with Crippen LogP contribution in [0.3, 0.4) is 0 Å². The van der Waals surface area contributed by atoms with E-state index in [1.807, 2.05) is 48.5 Å². The van der Waals surface area contributed by atoms with Gasteiger partial charge in [-0.2, -0.15) is 4.37 Å². The third kappa shape index (κ3) is 4.40. The van der Waals surface area contributed by atoms with Gasteiger partial charge in [0.05, 0.1) is 23.8 Å². The lowest BCUT2D eigenvalue weighted by Gasteiger charge is -1.93. The molecule has 4 nitrogen and oxygen atoms in total. The molecule has 0 unspecified atom stereocenters. The molecule has 0 saturated carbocycles. The molecule has 3 rings (SSSR count). The molecule has 1 heterocycles. The average molecular weight is 320 g/mol. The summed E-state index contributed by atoms with van der Waals surface area (Å²) >= 11 is 1.31. The summed E-state index contributed by atoms with van der Waals surface area (Å²) < 4.78 is 4.27. The lowest BCUT2D eigenvalue weighted by molar-refractivity contribution is 1.28. The van der Waals surface area contributed by atoms with Crippen molar-refractivity contribution in [1.82, 2.24) is 9.36 Å². The van der Waals surface area contributed by atoms with E-state index in [2.05, 4.69) is 33.2 Å². The largest absolute Gasteiger partial charge is 0.254 e. The zero-order chi connectivity index (χ0) is 16.1. The molecule has 0 N–H and O–H groups in total. The van der Waals surface area contributed by atoms with Gasteiger partial charge in [-0.1, -0.05) is 35.4 Å². The number of aryl methyl sites for hydroxylation is 2. The van der Waals surface area contributed by atoms with Gasteiger partial charge in [0.25, 0.3) is 0 Å². The van der Waals surface area contributed by atoms with E-state index in [1.165, 1.54) is 22.7 Å². The molecule has 5 heteroatoms.